The quantitative estimate of drug-likeness (QED) is 0.746. The lowest BCUT2D eigenvalue weighted by molar-refractivity contribution is -0.0499. The van der Waals surface area contributed by atoms with Crippen molar-refractivity contribution < 1.29 is 13.5 Å². The van der Waals surface area contributed by atoms with Gasteiger partial charge in [-0.05, 0) is 44.5 Å². The van der Waals surface area contributed by atoms with E-state index in [9.17, 15) is 8.78 Å². The minimum absolute atomic E-state index is 0.114. The summed E-state index contributed by atoms with van der Waals surface area (Å²) in [7, 11) is 1.85. The zero-order chi connectivity index (χ0) is 13.5. The molecule has 1 aromatic carbocycles. The molecular weight excluding hydrogens is 236 g/mol. The molecule has 2 nitrogen and oxygen atoms in total. The van der Waals surface area contributed by atoms with Crippen LogP contribution in [0.3, 0.4) is 0 Å². The lowest BCUT2D eigenvalue weighted by Gasteiger charge is -2.17. The third kappa shape index (κ3) is 4.84. The molecule has 0 spiro atoms. The molecular formula is C14H19F2NO. The van der Waals surface area contributed by atoms with Crippen LogP contribution >= 0.6 is 0 Å². The maximum Gasteiger partial charge on any atom is 0.387 e. The van der Waals surface area contributed by atoms with Crippen LogP contribution in [0.1, 0.15) is 31.4 Å². The molecule has 1 N–H and O–H groups in total. The number of benzene rings is 1. The van der Waals surface area contributed by atoms with Gasteiger partial charge >= 0.3 is 6.61 Å². The van der Waals surface area contributed by atoms with Gasteiger partial charge in [-0.15, -0.1) is 6.58 Å². The van der Waals surface area contributed by atoms with Gasteiger partial charge in [0.05, 0.1) is 0 Å². The summed E-state index contributed by atoms with van der Waals surface area (Å²) in [6.07, 6.45) is 1.77. The third-order valence-corrected chi connectivity index (χ3v) is 2.69. The highest BCUT2D eigenvalue weighted by molar-refractivity contribution is 5.30. The molecule has 0 saturated carbocycles. The maximum absolute atomic E-state index is 12.1. The van der Waals surface area contributed by atoms with Crippen molar-refractivity contribution in [1.82, 2.24) is 5.32 Å². The Morgan fingerprint density at radius 1 is 1.44 bits per heavy atom. The lowest BCUT2D eigenvalue weighted by atomic mass is 10.00. The number of nitrogens with one attached hydrogen (secondary N) is 1. The number of rotatable bonds is 7. The van der Waals surface area contributed by atoms with Gasteiger partial charge in [-0.3, -0.25) is 0 Å². The number of ether oxygens (including phenoxy) is 1. The Hall–Kier alpha value is -1.42. The van der Waals surface area contributed by atoms with Crippen molar-refractivity contribution in [2.75, 3.05) is 7.05 Å². The van der Waals surface area contributed by atoms with Crippen molar-refractivity contribution in [3.8, 4) is 5.75 Å². The average Bonchev–Trinajstić information content (AvgIpc) is 2.29. The zero-order valence-corrected chi connectivity index (χ0v) is 10.7. The topological polar surface area (TPSA) is 21.3 Å². The van der Waals surface area contributed by atoms with Crippen molar-refractivity contribution >= 4 is 0 Å². The molecule has 0 radical (unpaired) electrons. The summed E-state index contributed by atoms with van der Waals surface area (Å²) in [5.41, 5.74) is 2.05. The second kappa shape index (κ2) is 7.11. The number of allylic oxidation sites excluding steroid dienone is 1. The predicted octanol–water partition coefficient (Wildman–Crippen LogP) is 3.90. The Kier molecular flexibility index (Phi) is 5.78. The van der Waals surface area contributed by atoms with Crippen LogP contribution in [0.25, 0.3) is 0 Å². The van der Waals surface area contributed by atoms with Crippen LogP contribution in [-0.4, -0.2) is 13.7 Å². The largest absolute Gasteiger partial charge is 0.435 e. The van der Waals surface area contributed by atoms with Crippen LogP contribution in [0, 0.1) is 0 Å². The summed E-state index contributed by atoms with van der Waals surface area (Å²) in [5.74, 6) is 0.193. The van der Waals surface area contributed by atoms with Gasteiger partial charge in [0.15, 0.2) is 0 Å². The monoisotopic (exact) mass is 255 g/mol. The molecule has 0 bridgehead atoms. The summed E-state index contributed by atoms with van der Waals surface area (Å²) >= 11 is 0. The van der Waals surface area contributed by atoms with Crippen LogP contribution in [0.5, 0.6) is 5.75 Å². The molecule has 0 amide bonds. The molecule has 0 fully saturated rings. The molecule has 1 aromatic rings. The molecule has 1 unspecified atom stereocenters. The van der Waals surface area contributed by atoms with E-state index in [1.165, 1.54) is 6.07 Å². The first kappa shape index (κ1) is 14.6. The fraction of sp³-hybridized carbons (Fsp3) is 0.429. The van der Waals surface area contributed by atoms with Gasteiger partial charge < -0.3 is 10.1 Å². The molecule has 100 valence electrons. The first-order valence-electron chi connectivity index (χ1n) is 5.89. The predicted molar refractivity (Wildman–Crippen MR) is 68.9 cm³/mol. The van der Waals surface area contributed by atoms with Crippen LogP contribution in [0.4, 0.5) is 8.78 Å². The lowest BCUT2D eigenvalue weighted by Crippen LogP contribution is -2.16. The van der Waals surface area contributed by atoms with Gasteiger partial charge in [0, 0.05) is 6.04 Å². The first-order valence-corrected chi connectivity index (χ1v) is 5.89. The van der Waals surface area contributed by atoms with Gasteiger partial charge in [-0.25, -0.2) is 0 Å². The normalized spacial score (nSPS) is 12.5. The molecule has 0 heterocycles. The summed E-state index contributed by atoms with van der Waals surface area (Å²) in [5, 5.41) is 3.17. The number of alkyl halides is 2. The summed E-state index contributed by atoms with van der Waals surface area (Å²) < 4.78 is 28.7. The average molecular weight is 255 g/mol. The van der Waals surface area contributed by atoms with Crippen molar-refractivity contribution in [2.45, 2.75) is 32.4 Å². The number of halogens is 2. The van der Waals surface area contributed by atoms with Gasteiger partial charge in [0.25, 0.3) is 0 Å². The summed E-state index contributed by atoms with van der Waals surface area (Å²) in [4.78, 5) is 0. The molecule has 0 aliphatic carbocycles. The van der Waals surface area contributed by atoms with Crippen LogP contribution in [0.15, 0.2) is 36.4 Å². The van der Waals surface area contributed by atoms with E-state index >= 15 is 0 Å². The zero-order valence-electron chi connectivity index (χ0n) is 10.7. The molecule has 0 aromatic heterocycles. The van der Waals surface area contributed by atoms with E-state index in [4.69, 9.17) is 0 Å². The highest BCUT2D eigenvalue weighted by atomic mass is 19.3. The minimum Gasteiger partial charge on any atom is -0.435 e. The SMILES string of the molecule is C=C(C)CCC(NC)c1cccc(OC(F)F)c1. The summed E-state index contributed by atoms with van der Waals surface area (Å²) in [6.45, 7) is 3.05. The first-order chi connectivity index (χ1) is 8.52. The highest BCUT2D eigenvalue weighted by Crippen LogP contribution is 2.24. The smallest absolute Gasteiger partial charge is 0.387 e. The Morgan fingerprint density at radius 2 is 2.17 bits per heavy atom. The minimum atomic E-state index is -2.79. The van der Waals surface area contributed by atoms with Crippen molar-refractivity contribution in [3.05, 3.63) is 42.0 Å². The van der Waals surface area contributed by atoms with E-state index < -0.39 is 6.61 Å². The second-order valence-corrected chi connectivity index (χ2v) is 4.29. The Morgan fingerprint density at radius 3 is 2.72 bits per heavy atom. The van der Waals surface area contributed by atoms with Gasteiger partial charge in [-0.2, -0.15) is 8.78 Å². The Bertz CT molecular complexity index is 393. The number of hydrogen-bond acceptors (Lipinski definition) is 2. The van der Waals surface area contributed by atoms with Gasteiger partial charge in [0.2, 0.25) is 0 Å². The molecule has 1 atom stereocenters. The fourth-order valence-corrected chi connectivity index (χ4v) is 1.78. The van der Waals surface area contributed by atoms with Crippen molar-refractivity contribution in [1.29, 1.82) is 0 Å². The highest BCUT2D eigenvalue weighted by Gasteiger charge is 2.11. The summed E-state index contributed by atoms with van der Waals surface area (Å²) in [6, 6.07) is 6.91. The van der Waals surface area contributed by atoms with E-state index in [1.807, 2.05) is 20.0 Å². The molecule has 18 heavy (non-hydrogen) atoms. The fourth-order valence-electron chi connectivity index (χ4n) is 1.78. The van der Waals surface area contributed by atoms with Crippen molar-refractivity contribution in [2.24, 2.45) is 0 Å². The second-order valence-electron chi connectivity index (χ2n) is 4.29. The third-order valence-electron chi connectivity index (χ3n) is 2.69. The molecule has 1 rings (SSSR count). The van der Waals surface area contributed by atoms with Crippen LogP contribution < -0.4 is 10.1 Å². The maximum atomic E-state index is 12.1. The van der Waals surface area contributed by atoms with E-state index in [2.05, 4.69) is 16.6 Å². The van der Waals surface area contributed by atoms with Crippen LogP contribution in [-0.2, 0) is 0 Å². The van der Waals surface area contributed by atoms with Crippen LogP contribution in [0.2, 0.25) is 0 Å². The molecule has 0 aliphatic heterocycles. The van der Waals surface area contributed by atoms with E-state index in [1.54, 1.807) is 12.1 Å². The number of hydrogen-bond donors (Lipinski definition) is 1. The molecule has 0 aliphatic rings. The van der Waals surface area contributed by atoms with Gasteiger partial charge in [-0.1, -0.05) is 17.7 Å². The standard InChI is InChI=1S/C14H19F2NO/c1-10(2)7-8-13(17-3)11-5-4-6-12(9-11)18-14(15)16/h4-6,9,13-14,17H,1,7-8H2,2-3H3. The Balaban J connectivity index is 2.75. The van der Waals surface area contributed by atoms with Gasteiger partial charge in [0.1, 0.15) is 5.75 Å². The van der Waals surface area contributed by atoms with E-state index in [-0.39, 0.29) is 11.8 Å². The molecule has 0 saturated heterocycles. The van der Waals surface area contributed by atoms with Crippen molar-refractivity contribution in [3.63, 3.8) is 0 Å². The Labute approximate surface area is 107 Å². The molecule has 4 heteroatoms. The van der Waals surface area contributed by atoms with E-state index in [0.717, 1.165) is 24.0 Å². The van der Waals surface area contributed by atoms with E-state index in [0.29, 0.717) is 0 Å².